The molecule has 0 spiro atoms. The Hall–Kier alpha value is -2.79. The molecular formula is C19H15ClFNO3. The van der Waals surface area contributed by atoms with Crippen LogP contribution < -0.4 is 10.1 Å². The maximum absolute atomic E-state index is 12.8. The van der Waals surface area contributed by atoms with Gasteiger partial charge in [0.25, 0.3) is 5.91 Å². The van der Waals surface area contributed by atoms with Crippen molar-refractivity contribution in [2.75, 3.05) is 5.32 Å². The lowest BCUT2D eigenvalue weighted by molar-refractivity contribution is 0.0992. The van der Waals surface area contributed by atoms with Crippen molar-refractivity contribution in [2.45, 2.75) is 13.5 Å². The molecule has 0 unspecified atom stereocenters. The highest BCUT2D eigenvalue weighted by Crippen LogP contribution is 2.21. The number of nitrogens with one attached hydrogen (secondary N) is 1. The van der Waals surface area contributed by atoms with Crippen molar-refractivity contribution < 1.29 is 18.3 Å². The molecule has 128 valence electrons. The minimum atomic E-state index is -0.382. The van der Waals surface area contributed by atoms with Crippen LogP contribution in [-0.2, 0) is 6.61 Å². The summed E-state index contributed by atoms with van der Waals surface area (Å²) in [5, 5.41) is 3.29. The van der Waals surface area contributed by atoms with Crippen LogP contribution >= 0.6 is 11.6 Å². The van der Waals surface area contributed by atoms with Crippen molar-refractivity contribution in [1.82, 2.24) is 0 Å². The molecule has 2 aromatic carbocycles. The van der Waals surface area contributed by atoms with Gasteiger partial charge in [-0.25, -0.2) is 4.39 Å². The molecule has 1 aromatic heterocycles. The van der Waals surface area contributed by atoms with Crippen LogP contribution in [0, 0.1) is 12.7 Å². The van der Waals surface area contributed by atoms with Crippen molar-refractivity contribution in [3.05, 3.63) is 82.5 Å². The highest BCUT2D eigenvalue weighted by atomic mass is 35.5. The summed E-state index contributed by atoms with van der Waals surface area (Å²) in [4.78, 5) is 12.2. The van der Waals surface area contributed by atoms with Gasteiger partial charge in [0.1, 0.15) is 23.9 Å². The van der Waals surface area contributed by atoms with Gasteiger partial charge in [0.15, 0.2) is 5.76 Å². The summed E-state index contributed by atoms with van der Waals surface area (Å²) < 4.78 is 23.8. The SMILES string of the molecule is Cc1ccc(NC(=O)c2ccc(COc3ccc(F)cc3)o2)cc1Cl. The number of carbonyl (C=O) groups is 1. The molecule has 1 N–H and O–H groups in total. The van der Waals surface area contributed by atoms with Crippen LogP contribution in [-0.4, -0.2) is 5.91 Å². The Bertz CT molecular complexity index is 890. The summed E-state index contributed by atoms with van der Waals surface area (Å²) in [6, 6.07) is 14.1. The Morgan fingerprint density at radius 1 is 1.16 bits per heavy atom. The average molecular weight is 360 g/mol. The Balaban J connectivity index is 1.61. The molecule has 0 bridgehead atoms. The summed E-state index contributed by atoms with van der Waals surface area (Å²) in [5.41, 5.74) is 1.51. The molecule has 0 aliphatic carbocycles. The second-order valence-corrected chi connectivity index (χ2v) is 5.83. The number of furan rings is 1. The van der Waals surface area contributed by atoms with Crippen LogP contribution in [0.15, 0.2) is 59.0 Å². The topological polar surface area (TPSA) is 51.5 Å². The number of hydrogen-bond acceptors (Lipinski definition) is 3. The third-order valence-electron chi connectivity index (χ3n) is 3.51. The van der Waals surface area contributed by atoms with Crippen molar-refractivity contribution >= 4 is 23.2 Å². The van der Waals surface area contributed by atoms with Gasteiger partial charge >= 0.3 is 0 Å². The number of carbonyl (C=O) groups excluding carboxylic acids is 1. The van der Waals surface area contributed by atoms with Crippen LogP contribution in [0.3, 0.4) is 0 Å². The second-order valence-electron chi connectivity index (χ2n) is 5.43. The molecule has 0 saturated heterocycles. The molecule has 1 amide bonds. The summed E-state index contributed by atoms with van der Waals surface area (Å²) in [6.45, 7) is 2.02. The van der Waals surface area contributed by atoms with Gasteiger partial charge in [-0.15, -0.1) is 0 Å². The van der Waals surface area contributed by atoms with Crippen LogP contribution in [0.1, 0.15) is 21.9 Å². The number of rotatable bonds is 5. The molecule has 0 atom stereocenters. The first-order valence-corrected chi connectivity index (χ1v) is 7.93. The summed E-state index contributed by atoms with van der Waals surface area (Å²) in [5.74, 6) is 0.442. The maximum Gasteiger partial charge on any atom is 0.291 e. The minimum Gasteiger partial charge on any atom is -0.486 e. The highest BCUT2D eigenvalue weighted by molar-refractivity contribution is 6.31. The summed E-state index contributed by atoms with van der Waals surface area (Å²) in [7, 11) is 0. The number of hydrogen-bond donors (Lipinski definition) is 1. The van der Waals surface area contributed by atoms with Gasteiger partial charge in [-0.3, -0.25) is 4.79 Å². The van der Waals surface area contributed by atoms with Crippen molar-refractivity contribution in [3.63, 3.8) is 0 Å². The molecule has 0 radical (unpaired) electrons. The molecule has 3 rings (SSSR count). The molecule has 0 fully saturated rings. The summed E-state index contributed by atoms with van der Waals surface area (Å²) >= 11 is 6.04. The van der Waals surface area contributed by atoms with E-state index in [2.05, 4.69) is 5.32 Å². The molecular weight excluding hydrogens is 345 g/mol. The fourth-order valence-corrected chi connectivity index (χ4v) is 2.31. The zero-order valence-corrected chi connectivity index (χ0v) is 14.1. The second kappa shape index (κ2) is 7.40. The molecule has 25 heavy (non-hydrogen) atoms. The standard InChI is InChI=1S/C19H15ClFNO3/c1-12-2-5-14(10-17(12)20)22-19(23)18-9-8-16(25-18)11-24-15-6-3-13(21)4-7-15/h2-10H,11H2,1H3,(H,22,23). The van der Waals surface area contributed by atoms with E-state index in [-0.39, 0.29) is 24.1 Å². The third kappa shape index (κ3) is 4.39. The highest BCUT2D eigenvalue weighted by Gasteiger charge is 2.12. The Morgan fingerprint density at radius 3 is 2.64 bits per heavy atom. The van der Waals surface area contributed by atoms with E-state index in [1.165, 1.54) is 24.3 Å². The van der Waals surface area contributed by atoms with Crippen molar-refractivity contribution in [1.29, 1.82) is 0 Å². The summed E-state index contributed by atoms with van der Waals surface area (Å²) in [6.07, 6.45) is 0. The lowest BCUT2D eigenvalue weighted by Crippen LogP contribution is -2.10. The lowest BCUT2D eigenvalue weighted by Gasteiger charge is -2.05. The van der Waals surface area contributed by atoms with Crippen LogP contribution in [0.2, 0.25) is 5.02 Å². The number of amides is 1. The van der Waals surface area contributed by atoms with E-state index in [4.69, 9.17) is 20.8 Å². The molecule has 6 heteroatoms. The molecule has 1 heterocycles. The van der Waals surface area contributed by atoms with E-state index in [0.29, 0.717) is 22.2 Å². The fourth-order valence-electron chi connectivity index (χ4n) is 2.13. The zero-order chi connectivity index (χ0) is 17.8. The molecule has 4 nitrogen and oxygen atoms in total. The molecule has 0 aliphatic rings. The van der Waals surface area contributed by atoms with Gasteiger partial charge in [0.05, 0.1) is 0 Å². The van der Waals surface area contributed by atoms with Gasteiger partial charge in [-0.05, 0) is 61.0 Å². The van der Waals surface area contributed by atoms with Gasteiger partial charge in [0.2, 0.25) is 0 Å². The first kappa shape index (κ1) is 17.0. The molecule has 0 aliphatic heterocycles. The van der Waals surface area contributed by atoms with Crippen LogP contribution in [0.25, 0.3) is 0 Å². The monoisotopic (exact) mass is 359 g/mol. The molecule has 3 aromatic rings. The quantitative estimate of drug-likeness (QED) is 0.680. The number of anilines is 1. The third-order valence-corrected chi connectivity index (χ3v) is 3.92. The largest absolute Gasteiger partial charge is 0.486 e. The number of benzene rings is 2. The van der Waals surface area contributed by atoms with E-state index in [1.54, 1.807) is 24.3 Å². The predicted octanol–water partition coefficient (Wildman–Crippen LogP) is 5.21. The zero-order valence-electron chi connectivity index (χ0n) is 13.4. The first-order valence-electron chi connectivity index (χ1n) is 7.56. The van der Waals surface area contributed by atoms with Gasteiger partial charge in [-0.1, -0.05) is 17.7 Å². The normalized spacial score (nSPS) is 10.5. The predicted molar refractivity (Wildman–Crippen MR) is 93.6 cm³/mol. The lowest BCUT2D eigenvalue weighted by atomic mass is 10.2. The minimum absolute atomic E-state index is 0.134. The number of aryl methyl sites for hydroxylation is 1. The van der Waals surface area contributed by atoms with Gasteiger partial charge in [0, 0.05) is 10.7 Å². The first-order chi connectivity index (χ1) is 12.0. The van der Waals surface area contributed by atoms with E-state index < -0.39 is 0 Å². The van der Waals surface area contributed by atoms with Crippen LogP contribution in [0.4, 0.5) is 10.1 Å². The fraction of sp³-hybridized carbons (Fsp3) is 0.105. The van der Waals surface area contributed by atoms with E-state index in [9.17, 15) is 9.18 Å². The van der Waals surface area contributed by atoms with Crippen LogP contribution in [0.5, 0.6) is 5.75 Å². The Kier molecular flexibility index (Phi) is 5.05. The number of ether oxygens (including phenoxy) is 1. The van der Waals surface area contributed by atoms with E-state index >= 15 is 0 Å². The Labute approximate surface area is 149 Å². The van der Waals surface area contributed by atoms with Crippen molar-refractivity contribution in [3.8, 4) is 5.75 Å². The maximum atomic E-state index is 12.8. The van der Waals surface area contributed by atoms with Gasteiger partial charge in [-0.2, -0.15) is 0 Å². The Morgan fingerprint density at radius 2 is 1.92 bits per heavy atom. The van der Waals surface area contributed by atoms with Gasteiger partial charge < -0.3 is 14.5 Å². The van der Waals surface area contributed by atoms with E-state index in [0.717, 1.165) is 5.56 Å². The molecule has 0 saturated carbocycles. The average Bonchev–Trinajstić information content (AvgIpc) is 3.07. The van der Waals surface area contributed by atoms with E-state index in [1.807, 2.05) is 13.0 Å². The smallest absolute Gasteiger partial charge is 0.291 e. The van der Waals surface area contributed by atoms with Crippen molar-refractivity contribution in [2.24, 2.45) is 0 Å². The number of halogens is 2.